The van der Waals surface area contributed by atoms with E-state index in [1.54, 1.807) is 33.1 Å². The van der Waals surface area contributed by atoms with E-state index in [0.29, 0.717) is 41.4 Å². The Morgan fingerprint density at radius 2 is 1.90 bits per heavy atom. The smallest absolute Gasteiger partial charge is 0.243 e. The van der Waals surface area contributed by atoms with Gasteiger partial charge in [0.15, 0.2) is 0 Å². The molecule has 0 aliphatic rings. The predicted octanol–water partition coefficient (Wildman–Crippen LogP) is 2.18. The summed E-state index contributed by atoms with van der Waals surface area (Å²) < 4.78 is 32.5. The highest BCUT2D eigenvalue weighted by Gasteiger charge is 2.28. The molecule has 0 aromatic heterocycles. The van der Waals surface area contributed by atoms with Crippen LogP contribution in [-0.2, 0) is 14.8 Å². The number of hydrogen-bond acceptors (Lipinski definition) is 4. The maximum absolute atomic E-state index is 13.0. The van der Waals surface area contributed by atoms with Crippen LogP contribution in [0.25, 0.3) is 0 Å². The molecule has 0 unspecified atom stereocenters. The second-order valence-corrected chi connectivity index (χ2v) is 7.55. The van der Waals surface area contributed by atoms with Gasteiger partial charge >= 0.3 is 0 Å². The highest BCUT2D eigenvalue weighted by molar-refractivity contribution is 7.89. The highest BCUT2D eigenvalue weighted by atomic mass is 32.2. The third-order valence-corrected chi connectivity index (χ3v) is 5.51. The van der Waals surface area contributed by atoms with E-state index in [4.69, 9.17) is 10.5 Å². The van der Waals surface area contributed by atoms with Crippen molar-refractivity contribution in [1.82, 2.24) is 4.31 Å². The van der Waals surface area contributed by atoms with Gasteiger partial charge in [-0.15, -0.1) is 0 Å². The second-order valence-electron chi connectivity index (χ2n) is 5.68. The van der Waals surface area contributed by atoms with Crippen LogP contribution in [0.3, 0.4) is 0 Å². The van der Waals surface area contributed by atoms with Crippen LogP contribution in [0, 0.1) is 19.8 Å². The number of rotatable bonds is 7. The van der Waals surface area contributed by atoms with Crippen LogP contribution in [0.5, 0.6) is 0 Å². The van der Waals surface area contributed by atoms with Crippen LogP contribution < -0.4 is 5.73 Å². The highest BCUT2D eigenvalue weighted by Crippen LogP contribution is 2.28. The summed E-state index contributed by atoms with van der Waals surface area (Å²) in [6.45, 7) is 8.70. The van der Waals surface area contributed by atoms with Crippen LogP contribution in [0.1, 0.15) is 25.0 Å². The van der Waals surface area contributed by atoms with Gasteiger partial charge in [0.05, 0.1) is 11.5 Å². The van der Waals surface area contributed by atoms with Crippen LogP contribution in [0.4, 0.5) is 5.69 Å². The number of benzene rings is 1. The van der Waals surface area contributed by atoms with Gasteiger partial charge in [0.2, 0.25) is 10.0 Å². The molecule has 1 aromatic rings. The molecule has 120 valence electrons. The number of nitrogens with zero attached hydrogens (tertiary/aromatic N) is 1. The SMILES string of the molecule is COCCN(CC(C)C)S(=O)(=O)c1c(C)ccc(N)c1C. The third kappa shape index (κ3) is 4.18. The van der Waals surface area contributed by atoms with Crippen molar-refractivity contribution in [2.24, 2.45) is 5.92 Å². The molecule has 1 aromatic carbocycles. The molecule has 5 nitrogen and oxygen atoms in total. The number of ether oxygens (including phenoxy) is 1. The lowest BCUT2D eigenvalue weighted by Crippen LogP contribution is -2.37. The summed E-state index contributed by atoms with van der Waals surface area (Å²) >= 11 is 0. The normalized spacial score (nSPS) is 12.3. The van der Waals surface area contributed by atoms with Crippen molar-refractivity contribution >= 4 is 15.7 Å². The van der Waals surface area contributed by atoms with Crippen molar-refractivity contribution in [3.05, 3.63) is 23.3 Å². The summed E-state index contributed by atoms with van der Waals surface area (Å²) in [7, 11) is -2.01. The van der Waals surface area contributed by atoms with Gasteiger partial charge in [-0.25, -0.2) is 8.42 Å². The minimum Gasteiger partial charge on any atom is -0.398 e. The molecule has 0 atom stereocenters. The Morgan fingerprint density at radius 3 is 2.43 bits per heavy atom. The first kappa shape index (κ1) is 17.9. The molecular formula is C15H26N2O3S. The quantitative estimate of drug-likeness (QED) is 0.783. The van der Waals surface area contributed by atoms with E-state index < -0.39 is 10.0 Å². The molecule has 0 radical (unpaired) electrons. The molecule has 0 saturated carbocycles. The van der Waals surface area contributed by atoms with E-state index in [-0.39, 0.29) is 5.92 Å². The molecule has 2 N–H and O–H groups in total. The monoisotopic (exact) mass is 314 g/mol. The minimum absolute atomic E-state index is 0.235. The Bertz CT molecular complexity index is 583. The summed E-state index contributed by atoms with van der Waals surface area (Å²) in [5.41, 5.74) is 7.70. The van der Waals surface area contributed by atoms with Crippen molar-refractivity contribution in [3.8, 4) is 0 Å². The van der Waals surface area contributed by atoms with Crippen molar-refractivity contribution in [1.29, 1.82) is 0 Å². The van der Waals surface area contributed by atoms with Gasteiger partial charge in [-0.2, -0.15) is 4.31 Å². The molecule has 21 heavy (non-hydrogen) atoms. The molecule has 0 aliphatic carbocycles. The average molecular weight is 314 g/mol. The Hall–Kier alpha value is -1.11. The number of nitrogens with two attached hydrogens (primary N) is 1. The van der Waals surface area contributed by atoms with Gasteiger partial charge in [-0.1, -0.05) is 19.9 Å². The fraction of sp³-hybridized carbons (Fsp3) is 0.600. The van der Waals surface area contributed by atoms with Gasteiger partial charge < -0.3 is 10.5 Å². The minimum atomic E-state index is -3.58. The number of methoxy groups -OCH3 is 1. The van der Waals surface area contributed by atoms with E-state index in [9.17, 15) is 8.42 Å². The summed E-state index contributed by atoms with van der Waals surface area (Å²) in [6, 6.07) is 3.49. The summed E-state index contributed by atoms with van der Waals surface area (Å²) in [5, 5.41) is 0. The fourth-order valence-corrected chi connectivity index (χ4v) is 4.33. The van der Waals surface area contributed by atoms with Gasteiger partial charge in [0.25, 0.3) is 0 Å². The Labute approximate surface area is 128 Å². The topological polar surface area (TPSA) is 72.6 Å². The van der Waals surface area contributed by atoms with E-state index in [1.807, 2.05) is 13.8 Å². The summed E-state index contributed by atoms with van der Waals surface area (Å²) in [5.74, 6) is 0.235. The number of anilines is 1. The number of aryl methyl sites for hydroxylation is 1. The zero-order valence-corrected chi connectivity index (χ0v) is 14.3. The van der Waals surface area contributed by atoms with Crippen LogP contribution in [0.2, 0.25) is 0 Å². The second kappa shape index (κ2) is 7.24. The van der Waals surface area contributed by atoms with Gasteiger partial charge in [0, 0.05) is 25.9 Å². The van der Waals surface area contributed by atoms with Crippen LogP contribution in [0.15, 0.2) is 17.0 Å². The predicted molar refractivity (Wildman–Crippen MR) is 85.8 cm³/mol. The first-order valence-electron chi connectivity index (χ1n) is 7.06. The van der Waals surface area contributed by atoms with Crippen LogP contribution >= 0.6 is 0 Å². The molecule has 6 heteroatoms. The third-order valence-electron chi connectivity index (χ3n) is 3.36. The van der Waals surface area contributed by atoms with Crippen molar-refractivity contribution in [3.63, 3.8) is 0 Å². The van der Waals surface area contributed by atoms with E-state index in [2.05, 4.69) is 0 Å². The molecule has 1 rings (SSSR count). The maximum atomic E-state index is 13.0. The average Bonchev–Trinajstić information content (AvgIpc) is 2.38. The maximum Gasteiger partial charge on any atom is 0.243 e. The molecule has 0 fully saturated rings. The lowest BCUT2D eigenvalue weighted by molar-refractivity contribution is 0.175. The Kier molecular flexibility index (Phi) is 6.19. The van der Waals surface area contributed by atoms with E-state index >= 15 is 0 Å². The zero-order valence-electron chi connectivity index (χ0n) is 13.5. The first-order chi connectivity index (χ1) is 9.71. The summed E-state index contributed by atoms with van der Waals surface area (Å²) in [4.78, 5) is 0.319. The number of sulfonamides is 1. The van der Waals surface area contributed by atoms with E-state index in [1.165, 1.54) is 4.31 Å². The van der Waals surface area contributed by atoms with E-state index in [0.717, 1.165) is 0 Å². The lowest BCUT2D eigenvalue weighted by Gasteiger charge is -2.25. The van der Waals surface area contributed by atoms with Gasteiger partial charge in [-0.05, 0) is 37.0 Å². The van der Waals surface area contributed by atoms with Gasteiger partial charge in [-0.3, -0.25) is 0 Å². The van der Waals surface area contributed by atoms with Gasteiger partial charge in [0.1, 0.15) is 0 Å². The first-order valence-corrected chi connectivity index (χ1v) is 8.50. The molecule has 0 spiro atoms. The molecule has 0 bridgehead atoms. The number of nitrogen functional groups attached to an aromatic ring is 1. The summed E-state index contributed by atoms with van der Waals surface area (Å²) in [6.07, 6.45) is 0. The van der Waals surface area contributed by atoms with Crippen LogP contribution in [-0.4, -0.2) is 39.5 Å². The molecule has 0 aliphatic heterocycles. The zero-order chi connectivity index (χ0) is 16.2. The molecule has 0 amide bonds. The molecule has 0 saturated heterocycles. The number of hydrogen-bond donors (Lipinski definition) is 1. The molecule has 0 heterocycles. The van der Waals surface area contributed by atoms with Crippen molar-refractivity contribution in [2.45, 2.75) is 32.6 Å². The van der Waals surface area contributed by atoms with Crippen molar-refractivity contribution < 1.29 is 13.2 Å². The van der Waals surface area contributed by atoms with Crippen molar-refractivity contribution in [2.75, 3.05) is 32.5 Å². The lowest BCUT2D eigenvalue weighted by atomic mass is 10.1. The Balaban J connectivity index is 3.31. The standard InChI is InChI=1S/C15H26N2O3S/c1-11(2)10-17(8-9-20-5)21(18,19)15-12(3)6-7-14(16)13(15)4/h6-7,11H,8-10,16H2,1-5H3. The fourth-order valence-electron chi connectivity index (χ4n) is 2.28. The largest absolute Gasteiger partial charge is 0.398 e. The molecular weight excluding hydrogens is 288 g/mol. The Morgan fingerprint density at radius 1 is 1.29 bits per heavy atom.